The number of hydrogen-bond acceptors (Lipinski definition) is 5. The minimum atomic E-state index is -0.963. The first kappa shape index (κ1) is 12.5. The van der Waals surface area contributed by atoms with E-state index < -0.39 is 23.5 Å². The number of carbonyl (C=O) groups excluding carboxylic acids is 2. The van der Waals surface area contributed by atoms with Crippen molar-refractivity contribution in [3.05, 3.63) is 12.3 Å². The fourth-order valence-electron chi connectivity index (χ4n) is 1.58. The van der Waals surface area contributed by atoms with Crippen molar-refractivity contribution in [2.75, 3.05) is 13.7 Å². The lowest BCUT2D eigenvalue weighted by molar-refractivity contribution is -0.152. The largest absolute Gasteiger partial charge is 0.482 e. The summed E-state index contributed by atoms with van der Waals surface area (Å²) in [5, 5.41) is 0. The van der Waals surface area contributed by atoms with Gasteiger partial charge in [0.1, 0.15) is 11.2 Å². The highest BCUT2D eigenvalue weighted by Crippen LogP contribution is 2.41. The van der Waals surface area contributed by atoms with E-state index in [9.17, 15) is 9.59 Å². The molecule has 0 saturated carbocycles. The third-order valence-corrected chi connectivity index (χ3v) is 2.68. The summed E-state index contributed by atoms with van der Waals surface area (Å²) in [4.78, 5) is 23.0. The molecule has 1 fully saturated rings. The van der Waals surface area contributed by atoms with Crippen LogP contribution in [0.4, 0.5) is 0 Å². The Morgan fingerprint density at radius 2 is 2.25 bits per heavy atom. The van der Waals surface area contributed by atoms with Crippen molar-refractivity contribution in [2.24, 2.45) is 5.41 Å². The molecule has 0 bridgehead atoms. The normalized spacial score (nSPS) is 28.4. The molecule has 1 unspecified atom stereocenters. The molecule has 5 heteroatoms. The number of hydrogen-bond donors (Lipinski definition) is 0. The Morgan fingerprint density at radius 3 is 2.75 bits per heavy atom. The van der Waals surface area contributed by atoms with E-state index in [1.165, 1.54) is 7.11 Å². The maximum absolute atomic E-state index is 11.7. The monoisotopic (exact) mass is 228 g/mol. The highest BCUT2D eigenvalue weighted by Gasteiger charge is 2.50. The van der Waals surface area contributed by atoms with Gasteiger partial charge in [-0.1, -0.05) is 6.58 Å². The third-order valence-electron chi connectivity index (χ3n) is 2.68. The van der Waals surface area contributed by atoms with Crippen LogP contribution in [-0.4, -0.2) is 31.8 Å². The van der Waals surface area contributed by atoms with Crippen LogP contribution in [0.15, 0.2) is 12.3 Å². The van der Waals surface area contributed by atoms with Gasteiger partial charge in [-0.3, -0.25) is 4.79 Å². The van der Waals surface area contributed by atoms with Gasteiger partial charge in [0.15, 0.2) is 6.10 Å². The van der Waals surface area contributed by atoms with Gasteiger partial charge in [-0.25, -0.2) is 4.79 Å². The van der Waals surface area contributed by atoms with Crippen LogP contribution in [0.25, 0.3) is 0 Å². The van der Waals surface area contributed by atoms with Gasteiger partial charge in [0.05, 0.1) is 13.7 Å². The van der Waals surface area contributed by atoms with Crippen molar-refractivity contribution in [2.45, 2.75) is 26.4 Å². The summed E-state index contributed by atoms with van der Waals surface area (Å²) in [5.74, 6) is -0.679. The van der Waals surface area contributed by atoms with Gasteiger partial charge in [-0.15, -0.1) is 0 Å². The van der Waals surface area contributed by atoms with Crippen molar-refractivity contribution in [3.8, 4) is 0 Å². The Hall–Kier alpha value is -1.52. The minimum absolute atomic E-state index is 0.206. The molecular formula is C11H16O5. The van der Waals surface area contributed by atoms with Gasteiger partial charge < -0.3 is 14.2 Å². The lowest BCUT2D eigenvalue weighted by Crippen LogP contribution is -2.30. The molecule has 0 aromatic rings. The quantitative estimate of drug-likeness (QED) is 0.675. The zero-order valence-corrected chi connectivity index (χ0v) is 9.74. The van der Waals surface area contributed by atoms with Crippen LogP contribution in [0.3, 0.4) is 0 Å². The van der Waals surface area contributed by atoms with Gasteiger partial charge >= 0.3 is 11.9 Å². The number of esters is 2. The summed E-state index contributed by atoms with van der Waals surface area (Å²) in [7, 11) is 1.27. The molecule has 0 N–H and O–H groups in total. The molecule has 1 aliphatic rings. The zero-order valence-electron chi connectivity index (χ0n) is 9.74. The predicted molar refractivity (Wildman–Crippen MR) is 55.4 cm³/mol. The van der Waals surface area contributed by atoms with E-state index in [-0.39, 0.29) is 18.8 Å². The van der Waals surface area contributed by atoms with E-state index in [4.69, 9.17) is 9.47 Å². The topological polar surface area (TPSA) is 61.8 Å². The SMILES string of the molecule is C=C1OC(C(=O)OC)C[C@@]1(C)C(=O)OCC. The van der Waals surface area contributed by atoms with E-state index in [0.29, 0.717) is 0 Å². The Labute approximate surface area is 94.4 Å². The molecule has 0 radical (unpaired) electrons. The molecule has 0 amide bonds. The van der Waals surface area contributed by atoms with E-state index in [0.717, 1.165) is 0 Å². The van der Waals surface area contributed by atoms with Gasteiger partial charge in [-0.05, 0) is 13.8 Å². The molecule has 1 saturated heterocycles. The summed E-state index contributed by atoms with van der Waals surface area (Å²) in [6, 6.07) is 0. The van der Waals surface area contributed by atoms with Crippen LogP contribution < -0.4 is 0 Å². The van der Waals surface area contributed by atoms with E-state index in [1.54, 1.807) is 13.8 Å². The van der Waals surface area contributed by atoms with Gasteiger partial charge in [0, 0.05) is 6.42 Å². The summed E-state index contributed by atoms with van der Waals surface area (Å²) in [6.07, 6.45) is -0.566. The smallest absolute Gasteiger partial charge is 0.347 e. The first-order valence-corrected chi connectivity index (χ1v) is 5.06. The van der Waals surface area contributed by atoms with Crippen LogP contribution in [0.1, 0.15) is 20.3 Å². The number of ether oxygens (including phenoxy) is 3. The van der Waals surface area contributed by atoms with Crippen LogP contribution in [0.5, 0.6) is 0 Å². The fourth-order valence-corrected chi connectivity index (χ4v) is 1.58. The van der Waals surface area contributed by atoms with Crippen molar-refractivity contribution in [1.82, 2.24) is 0 Å². The van der Waals surface area contributed by atoms with Crippen LogP contribution in [-0.2, 0) is 23.8 Å². The molecule has 0 aromatic heterocycles. The summed E-state index contributed by atoms with van der Waals surface area (Å²) >= 11 is 0. The molecule has 16 heavy (non-hydrogen) atoms. The second kappa shape index (κ2) is 4.55. The van der Waals surface area contributed by atoms with Crippen molar-refractivity contribution in [3.63, 3.8) is 0 Å². The molecule has 1 aliphatic heterocycles. The van der Waals surface area contributed by atoms with E-state index in [1.807, 2.05) is 0 Å². The average Bonchev–Trinajstić information content (AvgIpc) is 2.56. The summed E-state index contributed by atoms with van der Waals surface area (Å²) in [6.45, 7) is 7.30. The molecule has 2 atom stereocenters. The van der Waals surface area contributed by atoms with Crippen LogP contribution in [0.2, 0.25) is 0 Å². The lowest BCUT2D eigenvalue weighted by Gasteiger charge is -2.19. The fraction of sp³-hybridized carbons (Fsp3) is 0.636. The first-order valence-electron chi connectivity index (χ1n) is 5.06. The standard InChI is InChI=1S/C11H16O5/c1-5-15-10(13)11(3)6-8(9(12)14-4)16-7(11)2/h8H,2,5-6H2,1,3-4H3/t8?,11-/m1/s1. The minimum Gasteiger partial charge on any atom is -0.482 e. The zero-order chi connectivity index (χ0) is 12.3. The molecule has 90 valence electrons. The highest BCUT2D eigenvalue weighted by atomic mass is 16.6. The molecule has 1 heterocycles. The van der Waals surface area contributed by atoms with Gasteiger partial charge in [0.25, 0.3) is 0 Å². The average molecular weight is 228 g/mol. The van der Waals surface area contributed by atoms with Crippen LogP contribution >= 0.6 is 0 Å². The lowest BCUT2D eigenvalue weighted by atomic mass is 9.85. The predicted octanol–water partition coefficient (Wildman–Crippen LogP) is 1.03. The van der Waals surface area contributed by atoms with Crippen molar-refractivity contribution in [1.29, 1.82) is 0 Å². The van der Waals surface area contributed by atoms with E-state index >= 15 is 0 Å². The maximum Gasteiger partial charge on any atom is 0.347 e. The van der Waals surface area contributed by atoms with Crippen molar-refractivity contribution >= 4 is 11.9 Å². The Balaban J connectivity index is 2.80. The second-order valence-corrected chi connectivity index (χ2v) is 3.81. The molecule has 0 aromatic carbocycles. The van der Waals surface area contributed by atoms with Crippen molar-refractivity contribution < 1.29 is 23.8 Å². The molecule has 0 spiro atoms. The first-order chi connectivity index (χ1) is 7.45. The third kappa shape index (κ3) is 2.03. The van der Waals surface area contributed by atoms with Gasteiger partial charge in [-0.2, -0.15) is 0 Å². The Kier molecular flexibility index (Phi) is 3.57. The summed E-state index contributed by atoms with van der Waals surface area (Å²) < 4.78 is 14.7. The molecule has 1 rings (SSSR count). The number of carbonyl (C=O) groups is 2. The molecular weight excluding hydrogens is 212 g/mol. The van der Waals surface area contributed by atoms with Gasteiger partial charge in [0.2, 0.25) is 0 Å². The highest BCUT2D eigenvalue weighted by molar-refractivity contribution is 5.83. The summed E-state index contributed by atoms with van der Waals surface area (Å²) in [5.41, 5.74) is -0.963. The Bertz CT molecular complexity index is 322. The van der Waals surface area contributed by atoms with E-state index in [2.05, 4.69) is 11.3 Å². The molecule has 0 aliphatic carbocycles. The van der Waals surface area contributed by atoms with Crippen LogP contribution in [0, 0.1) is 5.41 Å². The Morgan fingerprint density at radius 1 is 1.62 bits per heavy atom. The maximum atomic E-state index is 11.7. The number of rotatable bonds is 3. The second-order valence-electron chi connectivity index (χ2n) is 3.81. The number of methoxy groups -OCH3 is 1. The molecule has 5 nitrogen and oxygen atoms in total.